The molecule has 2 aromatic carbocycles. The zero-order chi connectivity index (χ0) is 20.0. The quantitative estimate of drug-likeness (QED) is 0.653. The first-order valence-electron chi connectivity index (χ1n) is 8.32. The van der Waals surface area contributed by atoms with Crippen LogP contribution in [0.15, 0.2) is 53.4 Å². The minimum absolute atomic E-state index is 0.0765. The first-order chi connectivity index (χ1) is 12.8. The average molecular weight is 427 g/mol. The molecule has 1 amide bonds. The molecule has 0 spiro atoms. The van der Waals surface area contributed by atoms with Crippen LogP contribution >= 0.6 is 23.2 Å². The van der Waals surface area contributed by atoms with Gasteiger partial charge in [0.15, 0.2) is 0 Å². The number of hydrogen-bond acceptors (Lipinski definition) is 3. The van der Waals surface area contributed by atoms with Gasteiger partial charge in [-0.2, -0.15) is 4.31 Å². The maximum atomic E-state index is 12.6. The van der Waals surface area contributed by atoms with E-state index in [4.69, 9.17) is 23.2 Å². The number of rotatable bonds is 7. The van der Waals surface area contributed by atoms with Crippen molar-refractivity contribution in [1.29, 1.82) is 0 Å². The average Bonchev–Trinajstić information content (AvgIpc) is 2.63. The molecule has 0 aliphatic rings. The molecule has 0 aromatic heterocycles. The van der Waals surface area contributed by atoms with Gasteiger partial charge in [0, 0.05) is 24.2 Å². The van der Waals surface area contributed by atoms with Crippen molar-refractivity contribution in [1.82, 2.24) is 4.31 Å². The molecule has 5 nitrogen and oxygen atoms in total. The van der Waals surface area contributed by atoms with Crippen LogP contribution in [0.1, 0.15) is 19.4 Å². The molecule has 8 heteroatoms. The molecule has 2 rings (SSSR count). The van der Waals surface area contributed by atoms with Crippen molar-refractivity contribution in [3.05, 3.63) is 64.1 Å². The second-order valence-corrected chi connectivity index (χ2v) is 8.39. The van der Waals surface area contributed by atoms with Crippen molar-refractivity contribution in [2.24, 2.45) is 0 Å². The monoisotopic (exact) mass is 426 g/mol. The van der Waals surface area contributed by atoms with E-state index in [0.717, 1.165) is 5.56 Å². The van der Waals surface area contributed by atoms with Gasteiger partial charge in [-0.25, -0.2) is 8.42 Å². The third kappa shape index (κ3) is 5.56. The van der Waals surface area contributed by atoms with Crippen LogP contribution in [0.5, 0.6) is 0 Å². The summed E-state index contributed by atoms with van der Waals surface area (Å²) in [4.78, 5) is 12.2. The Bertz CT molecular complexity index is 938. The maximum Gasteiger partial charge on any atom is 0.248 e. The molecule has 0 fully saturated rings. The molecule has 0 aliphatic heterocycles. The van der Waals surface area contributed by atoms with E-state index in [1.54, 1.807) is 44.2 Å². The summed E-state index contributed by atoms with van der Waals surface area (Å²) in [5.74, 6) is -0.427. The van der Waals surface area contributed by atoms with Gasteiger partial charge in [-0.15, -0.1) is 0 Å². The first kappa shape index (κ1) is 21.4. The predicted octanol–water partition coefficient (Wildman–Crippen LogP) is 4.68. The zero-order valence-electron chi connectivity index (χ0n) is 14.9. The first-order valence-corrected chi connectivity index (χ1v) is 10.5. The lowest BCUT2D eigenvalue weighted by Gasteiger charge is -2.19. The molecular weight excluding hydrogens is 407 g/mol. The highest BCUT2D eigenvalue weighted by atomic mass is 35.5. The number of halogens is 2. The van der Waals surface area contributed by atoms with E-state index < -0.39 is 15.9 Å². The van der Waals surface area contributed by atoms with Gasteiger partial charge in [-0.05, 0) is 42.0 Å². The number of nitrogens with zero attached hydrogens (tertiary/aromatic N) is 1. The third-order valence-corrected chi connectivity index (χ3v) is 6.46. The summed E-state index contributed by atoms with van der Waals surface area (Å²) in [5, 5.41) is 3.47. The molecule has 0 radical (unpaired) electrons. The standard InChI is InChI=1S/C19H20Cl2N2O3S/c1-3-23(4-2)27(25,26)16-10-11-17(21)18(13-16)22-19(24)12-7-14-5-8-15(20)9-6-14/h5-13H,3-4H2,1-2H3,(H,22,24)/b12-7+. The largest absolute Gasteiger partial charge is 0.321 e. The second-order valence-electron chi connectivity index (χ2n) is 5.61. The van der Waals surface area contributed by atoms with Gasteiger partial charge in [0.25, 0.3) is 0 Å². The minimum Gasteiger partial charge on any atom is -0.321 e. The summed E-state index contributed by atoms with van der Waals surface area (Å²) in [6.07, 6.45) is 2.96. The van der Waals surface area contributed by atoms with Crippen LogP contribution in [0.4, 0.5) is 5.69 Å². The van der Waals surface area contributed by atoms with Crippen molar-refractivity contribution in [2.45, 2.75) is 18.7 Å². The summed E-state index contributed by atoms with van der Waals surface area (Å²) in [5.41, 5.74) is 1.04. The number of nitrogens with one attached hydrogen (secondary N) is 1. The molecule has 0 bridgehead atoms. The van der Waals surface area contributed by atoms with Crippen LogP contribution in [0.2, 0.25) is 10.0 Å². The highest BCUT2D eigenvalue weighted by molar-refractivity contribution is 7.89. The number of benzene rings is 2. The number of carbonyl (C=O) groups excluding carboxylic acids is 1. The topological polar surface area (TPSA) is 66.5 Å². The molecule has 0 unspecified atom stereocenters. The summed E-state index contributed by atoms with van der Waals surface area (Å²) in [6, 6.07) is 11.2. The van der Waals surface area contributed by atoms with Crippen LogP contribution in [0.25, 0.3) is 6.08 Å². The van der Waals surface area contributed by atoms with Crippen LogP contribution in [0, 0.1) is 0 Å². The smallest absolute Gasteiger partial charge is 0.248 e. The second kappa shape index (κ2) is 9.37. The summed E-state index contributed by atoms with van der Waals surface area (Å²) < 4.78 is 26.6. The van der Waals surface area contributed by atoms with E-state index >= 15 is 0 Å². The Morgan fingerprint density at radius 1 is 1.07 bits per heavy atom. The fourth-order valence-electron chi connectivity index (χ4n) is 2.39. The predicted molar refractivity (Wildman–Crippen MR) is 111 cm³/mol. The van der Waals surface area contributed by atoms with Crippen molar-refractivity contribution in [2.75, 3.05) is 18.4 Å². The molecule has 0 aliphatic carbocycles. The summed E-state index contributed by atoms with van der Waals surface area (Å²) >= 11 is 11.9. The van der Waals surface area contributed by atoms with Gasteiger partial charge in [-0.1, -0.05) is 49.2 Å². The van der Waals surface area contributed by atoms with E-state index in [-0.39, 0.29) is 15.6 Å². The van der Waals surface area contributed by atoms with Crippen LogP contribution < -0.4 is 5.32 Å². The molecular formula is C19H20Cl2N2O3S. The Hall–Kier alpha value is -1.86. The fraction of sp³-hybridized carbons (Fsp3) is 0.211. The van der Waals surface area contributed by atoms with Gasteiger partial charge in [0.05, 0.1) is 15.6 Å². The molecule has 0 atom stereocenters. The van der Waals surface area contributed by atoms with Crippen molar-refractivity contribution in [3.8, 4) is 0 Å². The highest BCUT2D eigenvalue weighted by Gasteiger charge is 2.22. The molecule has 2 aromatic rings. The number of amides is 1. The van der Waals surface area contributed by atoms with Crippen LogP contribution in [0.3, 0.4) is 0 Å². The molecule has 0 saturated carbocycles. The van der Waals surface area contributed by atoms with Gasteiger partial charge in [0.1, 0.15) is 0 Å². The van der Waals surface area contributed by atoms with E-state index in [1.165, 1.54) is 28.6 Å². The lowest BCUT2D eigenvalue weighted by atomic mass is 10.2. The Kier molecular flexibility index (Phi) is 7.44. The number of hydrogen-bond donors (Lipinski definition) is 1. The molecule has 0 heterocycles. The van der Waals surface area contributed by atoms with Crippen molar-refractivity contribution >= 4 is 50.9 Å². The van der Waals surface area contributed by atoms with Gasteiger partial charge in [0.2, 0.25) is 15.9 Å². The van der Waals surface area contributed by atoms with E-state index in [1.807, 2.05) is 0 Å². The zero-order valence-corrected chi connectivity index (χ0v) is 17.3. The lowest BCUT2D eigenvalue weighted by molar-refractivity contribution is -0.111. The number of sulfonamides is 1. The Labute approximate surface area is 169 Å². The molecule has 144 valence electrons. The molecule has 27 heavy (non-hydrogen) atoms. The Morgan fingerprint density at radius 3 is 2.30 bits per heavy atom. The van der Waals surface area contributed by atoms with Crippen molar-refractivity contribution in [3.63, 3.8) is 0 Å². The molecule has 0 saturated heterocycles. The Balaban J connectivity index is 2.21. The SMILES string of the molecule is CCN(CC)S(=O)(=O)c1ccc(Cl)c(NC(=O)/C=C/c2ccc(Cl)cc2)c1. The Morgan fingerprint density at radius 2 is 1.70 bits per heavy atom. The number of carbonyl (C=O) groups is 1. The van der Waals surface area contributed by atoms with Crippen LogP contribution in [-0.2, 0) is 14.8 Å². The maximum absolute atomic E-state index is 12.6. The minimum atomic E-state index is -3.64. The van der Waals surface area contributed by atoms with E-state index in [9.17, 15) is 13.2 Å². The lowest BCUT2D eigenvalue weighted by Crippen LogP contribution is -2.30. The van der Waals surface area contributed by atoms with Gasteiger partial charge >= 0.3 is 0 Å². The van der Waals surface area contributed by atoms with E-state index in [0.29, 0.717) is 18.1 Å². The fourth-order valence-corrected chi connectivity index (χ4v) is 4.17. The van der Waals surface area contributed by atoms with Crippen molar-refractivity contribution < 1.29 is 13.2 Å². The van der Waals surface area contributed by atoms with Crippen LogP contribution in [-0.4, -0.2) is 31.7 Å². The summed E-state index contributed by atoms with van der Waals surface area (Å²) in [7, 11) is -3.64. The summed E-state index contributed by atoms with van der Waals surface area (Å²) in [6.45, 7) is 4.24. The highest BCUT2D eigenvalue weighted by Crippen LogP contribution is 2.27. The number of anilines is 1. The normalized spacial score (nSPS) is 11.9. The van der Waals surface area contributed by atoms with Gasteiger partial charge in [-0.3, -0.25) is 4.79 Å². The van der Waals surface area contributed by atoms with E-state index in [2.05, 4.69) is 5.32 Å². The van der Waals surface area contributed by atoms with Gasteiger partial charge < -0.3 is 5.32 Å². The molecule has 1 N–H and O–H groups in total. The third-order valence-electron chi connectivity index (χ3n) is 3.84.